The number of nitriles is 1. The molecule has 0 bridgehead atoms. The number of nitrogens with zero attached hydrogens (tertiary/aromatic N) is 4. The maximum atomic E-state index is 8.94. The first-order valence-electron chi connectivity index (χ1n) is 6.80. The summed E-state index contributed by atoms with van der Waals surface area (Å²) in [6.07, 6.45) is 6.97. The molecule has 3 aromatic rings. The maximum absolute atomic E-state index is 8.94. The molecule has 0 saturated heterocycles. The summed E-state index contributed by atoms with van der Waals surface area (Å²) < 4.78 is 4.38. The zero-order valence-electron chi connectivity index (χ0n) is 11.5. The maximum Gasteiger partial charge on any atom is 0.0991 e. The number of fused-ring (bicyclic) bond motifs is 1. The van der Waals surface area contributed by atoms with Crippen LogP contribution in [0.3, 0.4) is 0 Å². The number of aromatic nitrogens is 3. The molecule has 2 aromatic heterocycles. The molecule has 2 heterocycles. The summed E-state index contributed by atoms with van der Waals surface area (Å²) in [4.78, 5) is 4.24. The minimum atomic E-state index is 0.700. The molecule has 0 aliphatic rings. The van der Waals surface area contributed by atoms with Crippen molar-refractivity contribution >= 4 is 10.9 Å². The van der Waals surface area contributed by atoms with E-state index in [0.29, 0.717) is 5.56 Å². The molecule has 3 rings (SSSR count). The number of benzene rings is 1. The SMILES string of the molecule is CCCn1cncc1Cn1ccc2cc(C#N)ccc21. The summed E-state index contributed by atoms with van der Waals surface area (Å²) in [7, 11) is 0. The van der Waals surface area contributed by atoms with E-state index >= 15 is 0 Å². The summed E-state index contributed by atoms with van der Waals surface area (Å²) in [5.41, 5.74) is 3.05. The van der Waals surface area contributed by atoms with Crippen LogP contribution in [0.15, 0.2) is 43.0 Å². The van der Waals surface area contributed by atoms with Crippen LogP contribution in [-0.2, 0) is 13.1 Å². The fraction of sp³-hybridized carbons (Fsp3) is 0.250. The van der Waals surface area contributed by atoms with E-state index in [9.17, 15) is 0 Å². The van der Waals surface area contributed by atoms with Crippen molar-refractivity contribution in [3.63, 3.8) is 0 Å². The molecule has 0 N–H and O–H groups in total. The van der Waals surface area contributed by atoms with Gasteiger partial charge in [0.1, 0.15) is 0 Å². The Hall–Kier alpha value is -2.54. The number of rotatable bonds is 4. The Morgan fingerprint density at radius 2 is 2.15 bits per heavy atom. The fourth-order valence-corrected chi connectivity index (χ4v) is 2.50. The van der Waals surface area contributed by atoms with Crippen LogP contribution in [0.1, 0.15) is 24.6 Å². The predicted octanol–water partition coefficient (Wildman–Crippen LogP) is 3.17. The van der Waals surface area contributed by atoms with Gasteiger partial charge >= 0.3 is 0 Å². The Morgan fingerprint density at radius 3 is 2.95 bits per heavy atom. The highest BCUT2D eigenvalue weighted by molar-refractivity contribution is 5.81. The van der Waals surface area contributed by atoms with Crippen LogP contribution in [0.2, 0.25) is 0 Å². The quantitative estimate of drug-likeness (QED) is 0.726. The van der Waals surface area contributed by atoms with E-state index in [1.807, 2.05) is 30.7 Å². The molecule has 4 heteroatoms. The summed E-state index contributed by atoms with van der Waals surface area (Å²) in [6.45, 7) is 3.96. The molecule has 20 heavy (non-hydrogen) atoms. The second kappa shape index (κ2) is 5.22. The van der Waals surface area contributed by atoms with Crippen molar-refractivity contribution in [2.45, 2.75) is 26.4 Å². The van der Waals surface area contributed by atoms with E-state index in [1.54, 1.807) is 0 Å². The third kappa shape index (κ3) is 2.19. The number of hydrogen-bond acceptors (Lipinski definition) is 2. The highest BCUT2D eigenvalue weighted by Gasteiger charge is 2.06. The third-order valence-corrected chi connectivity index (χ3v) is 3.50. The molecule has 1 aromatic carbocycles. The highest BCUT2D eigenvalue weighted by atomic mass is 15.1. The molecule has 4 nitrogen and oxygen atoms in total. The molecule has 0 aliphatic heterocycles. The third-order valence-electron chi connectivity index (χ3n) is 3.50. The molecule has 0 atom stereocenters. The van der Waals surface area contributed by atoms with Crippen molar-refractivity contribution < 1.29 is 0 Å². The van der Waals surface area contributed by atoms with Gasteiger partial charge in [0.05, 0.1) is 30.2 Å². The smallest absolute Gasteiger partial charge is 0.0991 e. The first kappa shape index (κ1) is 12.5. The van der Waals surface area contributed by atoms with Crippen LogP contribution in [0.4, 0.5) is 0 Å². The topological polar surface area (TPSA) is 46.5 Å². The lowest BCUT2D eigenvalue weighted by molar-refractivity contribution is 0.629. The standard InChI is InChI=1S/C16H16N4/c1-2-6-20-12-18-10-15(20)11-19-7-5-14-8-13(9-17)3-4-16(14)19/h3-5,7-8,10,12H,2,6,11H2,1H3. The van der Waals surface area contributed by atoms with Crippen LogP contribution in [0.5, 0.6) is 0 Å². The van der Waals surface area contributed by atoms with Gasteiger partial charge < -0.3 is 9.13 Å². The van der Waals surface area contributed by atoms with E-state index in [-0.39, 0.29) is 0 Å². The van der Waals surface area contributed by atoms with Crippen LogP contribution >= 0.6 is 0 Å². The Kier molecular flexibility index (Phi) is 3.26. The van der Waals surface area contributed by atoms with Gasteiger partial charge in [-0.15, -0.1) is 0 Å². The summed E-state index contributed by atoms with van der Waals surface area (Å²) >= 11 is 0. The van der Waals surface area contributed by atoms with E-state index in [2.05, 4.69) is 39.4 Å². The van der Waals surface area contributed by atoms with Gasteiger partial charge in [-0.05, 0) is 30.7 Å². The average molecular weight is 264 g/mol. The lowest BCUT2D eigenvalue weighted by atomic mass is 10.2. The molecule has 0 spiro atoms. The summed E-state index contributed by atoms with van der Waals surface area (Å²) in [5, 5.41) is 10.0. The molecular formula is C16H16N4. The molecule has 0 amide bonds. The first-order chi connectivity index (χ1) is 9.81. The second-order valence-corrected chi connectivity index (χ2v) is 4.91. The first-order valence-corrected chi connectivity index (χ1v) is 6.80. The van der Waals surface area contributed by atoms with E-state index in [0.717, 1.165) is 30.4 Å². The second-order valence-electron chi connectivity index (χ2n) is 4.91. The Balaban J connectivity index is 1.95. The normalized spacial score (nSPS) is 10.8. The Labute approximate surface area is 117 Å². The zero-order valence-corrected chi connectivity index (χ0v) is 11.5. The zero-order chi connectivity index (χ0) is 13.9. The van der Waals surface area contributed by atoms with Crippen LogP contribution < -0.4 is 0 Å². The van der Waals surface area contributed by atoms with Crippen molar-refractivity contribution in [3.05, 3.63) is 54.2 Å². The van der Waals surface area contributed by atoms with Gasteiger partial charge in [0.2, 0.25) is 0 Å². The van der Waals surface area contributed by atoms with Crippen molar-refractivity contribution in [2.24, 2.45) is 0 Å². The summed E-state index contributed by atoms with van der Waals surface area (Å²) in [5.74, 6) is 0. The van der Waals surface area contributed by atoms with E-state index < -0.39 is 0 Å². The largest absolute Gasteiger partial charge is 0.341 e. The van der Waals surface area contributed by atoms with Gasteiger partial charge in [-0.3, -0.25) is 0 Å². The lowest BCUT2D eigenvalue weighted by Gasteiger charge is -2.09. The van der Waals surface area contributed by atoms with Gasteiger partial charge in [-0.25, -0.2) is 4.98 Å². The Morgan fingerprint density at radius 1 is 1.25 bits per heavy atom. The minimum absolute atomic E-state index is 0.700. The lowest BCUT2D eigenvalue weighted by Crippen LogP contribution is -2.06. The summed E-state index contributed by atoms with van der Waals surface area (Å²) in [6, 6.07) is 10.0. The van der Waals surface area contributed by atoms with Crippen molar-refractivity contribution in [3.8, 4) is 6.07 Å². The van der Waals surface area contributed by atoms with Crippen molar-refractivity contribution in [1.29, 1.82) is 5.26 Å². The monoisotopic (exact) mass is 264 g/mol. The average Bonchev–Trinajstić information content (AvgIpc) is 3.07. The van der Waals surface area contributed by atoms with Gasteiger partial charge in [-0.2, -0.15) is 5.26 Å². The number of imidazole rings is 1. The fourth-order valence-electron chi connectivity index (χ4n) is 2.50. The van der Waals surface area contributed by atoms with Gasteiger partial charge in [0.25, 0.3) is 0 Å². The van der Waals surface area contributed by atoms with Crippen molar-refractivity contribution in [1.82, 2.24) is 14.1 Å². The van der Waals surface area contributed by atoms with Crippen LogP contribution in [-0.4, -0.2) is 14.1 Å². The number of hydrogen-bond donors (Lipinski definition) is 0. The highest BCUT2D eigenvalue weighted by Crippen LogP contribution is 2.18. The van der Waals surface area contributed by atoms with Crippen molar-refractivity contribution in [2.75, 3.05) is 0 Å². The molecule has 0 fully saturated rings. The minimum Gasteiger partial charge on any atom is -0.341 e. The molecule has 0 aliphatic carbocycles. The van der Waals surface area contributed by atoms with Gasteiger partial charge in [-0.1, -0.05) is 6.92 Å². The predicted molar refractivity (Wildman–Crippen MR) is 78.3 cm³/mol. The molecule has 0 unspecified atom stereocenters. The van der Waals surface area contributed by atoms with E-state index in [1.165, 1.54) is 5.69 Å². The number of aryl methyl sites for hydroxylation is 1. The van der Waals surface area contributed by atoms with Crippen LogP contribution in [0.25, 0.3) is 10.9 Å². The van der Waals surface area contributed by atoms with Gasteiger partial charge in [0, 0.05) is 29.8 Å². The van der Waals surface area contributed by atoms with Gasteiger partial charge in [0.15, 0.2) is 0 Å². The van der Waals surface area contributed by atoms with Crippen LogP contribution in [0, 0.1) is 11.3 Å². The Bertz CT molecular complexity index is 773. The molecule has 100 valence electrons. The molecular weight excluding hydrogens is 248 g/mol. The van der Waals surface area contributed by atoms with E-state index in [4.69, 9.17) is 5.26 Å². The molecule has 0 saturated carbocycles. The molecule has 0 radical (unpaired) electrons.